The number of ether oxygens (including phenoxy) is 3. The zero-order chi connectivity index (χ0) is 23.9. The fourth-order valence-electron chi connectivity index (χ4n) is 3.54. The molecule has 1 aromatic heterocycles. The highest BCUT2D eigenvalue weighted by Gasteiger charge is 2.17. The first-order valence-electron chi connectivity index (χ1n) is 10.9. The topological polar surface area (TPSA) is 119 Å². The molecule has 1 aliphatic heterocycles. The van der Waals surface area contributed by atoms with Crippen molar-refractivity contribution in [2.45, 2.75) is 26.3 Å². The molecule has 0 amide bonds. The number of carbonyl (C=O) groups is 1. The molecule has 0 fully saturated rings. The van der Waals surface area contributed by atoms with Gasteiger partial charge in [-0.25, -0.2) is 10.0 Å². The molecule has 10 heteroatoms. The molecule has 0 aliphatic carbocycles. The molecule has 176 valence electrons. The van der Waals surface area contributed by atoms with Gasteiger partial charge in [0.25, 0.3) is 5.95 Å². The summed E-state index contributed by atoms with van der Waals surface area (Å²) in [4.78, 5) is 26.4. The van der Waals surface area contributed by atoms with Gasteiger partial charge in [-0.05, 0) is 49.2 Å². The van der Waals surface area contributed by atoms with E-state index in [2.05, 4.69) is 21.4 Å². The molecule has 3 aromatic rings. The maximum Gasteiger partial charge on any atom is 0.305 e. The average molecular weight is 463 g/mol. The largest absolute Gasteiger partial charge is 0.466 e. The van der Waals surface area contributed by atoms with Crippen LogP contribution in [-0.4, -0.2) is 43.0 Å². The van der Waals surface area contributed by atoms with E-state index in [1.54, 1.807) is 25.1 Å². The van der Waals surface area contributed by atoms with Gasteiger partial charge in [0, 0.05) is 24.9 Å². The highest BCUT2D eigenvalue weighted by molar-refractivity contribution is 5.91. The van der Waals surface area contributed by atoms with Crippen LogP contribution in [0.25, 0.3) is 10.9 Å². The van der Waals surface area contributed by atoms with Gasteiger partial charge < -0.3 is 19.5 Å². The van der Waals surface area contributed by atoms with Crippen molar-refractivity contribution in [3.63, 3.8) is 0 Å². The van der Waals surface area contributed by atoms with Crippen molar-refractivity contribution in [1.29, 1.82) is 5.26 Å². The number of hydroxylamine groups is 1. The Labute approximate surface area is 197 Å². The number of benzene rings is 2. The van der Waals surface area contributed by atoms with Crippen LogP contribution in [-0.2, 0) is 20.9 Å². The van der Waals surface area contributed by atoms with E-state index < -0.39 is 0 Å². The summed E-state index contributed by atoms with van der Waals surface area (Å²) in [5.41, 5.74) is 2.14. The van der Waals surface area contributed by atoms with Crippen LogP contribution in [0.2, 0.25) is 0 Å². The number of nitrogens with zero attached hydrogens (tertiary/aromatic N) is 4. The predicted molar refractivity (Wildman–Crippen MR) is 124 cm³/mol. The van der Waals surface area contributed by atoms with Gasteiger partial charge >= 0.3 is 5.97 Å². The third-order valence-electron chi connectivity index (χ3n) is 5.20. The van der Waals surface area contributed by atoms with E-state index in [0.29, 0.717) is 60.1 Å². The summed E-state index contributed by atoms with van der Waals surface area (Å²) >= 11 is 0. The molecule has 0 saturated heterocycles. The molecule has 10 nitrogen and oxygen atoms in total. The fraction of sp³-hybridized carbons (Fsp3) is 0.333. The first kappa shape index (κ1) is 23.1. The minimum absolute atomic E-state index is 0.214. The summed E-state index contributed by atoms with van der Waals surface area (Å²) in [5, 5.41) is 14.9. The molecule has 0 unspecified atom stereocenters. The zero-order valence-corrected chi connectivity index (χ0v) is 19.0. The Hall–Kier alpha value is -4.10. The fourth-order valence-corrected chi connectivity index (χ4v) is 3.54. The van der Waals surface area contributed by atoms with E-state index >= 15 is 0 Å². The summed E-state index contributed by atoms with van der Waals surface area (Å²) in [5.74, 6) is 2.06. The maximum atomic E-state index is 11.7. The van der Waals surface area contributed by atoms with Crippen molar-refractivity contribution >= 4 is 28.6 Å². The number of hydrogen-bond acceptors (Lipinski definition) is 10. The predicted octanol–water partition coefficient (Wildman–Crippen LogP) is 3.55. The van der Waals surface area contributed by atoms with Crippen molar-refractivity contribution in [2.24, 2.45) is 0 Å². The minimum Gasteiger partial charge on any atom is -0.466 e. The Morgan fingerprint density at radius 3 is 2.85 bits per heavy atom. The number of nitriles is 1. The zero-order valence-electron chi connectivity index (χ0n) is 19.0. The summed E-state index contributed by atoms with van der Waals surface area (Å²) in [6.45, 7) is 3.21. The van der Waals surface area contributed by atoms with Crippen molar-refractivity contribution in [3.05, 3.63) is 47.5 Å². The Bertz CT molecular complexity index is 1230. The number of aromatic nitrogens is 2. The lowest BCUT2D eigenvalue weighted by Crippen LogP contribution is -2.26. The molecule has 1 N–H and O–H groups in total. The normalized spacial score (nSPS) is 11.8. The smallest absolute Gasteiger partial charge is 0.305 e. The van der Waals surface area contributed by atoms with Crippen molar-refractivity contribution in [1.82, 2.24) is 9.97 Å². The van der Waals surface area contributed by atoms with Gasteiger partial charge in [0.05, 0.1) is 30.9 Å². The first-order chi connectivity index (χ1) is 16.6. The number of anilines is 2. The van der Waals surface area contributed by atoms with Gasteiger partial charge in [-0.15, -0.1) is 0 Å². The van der Waals surface area contributed by atoms with Crippen LogP contribution in [0.15, 0.2) is 36.4 Å². The second-order valence-corrected chi connectivity index (χ2v) is 7.45. The van der Waals surface area contributed by atoms with Gasteiger partial charge in [0.1, 0.15) is 5.82 Å². The van der Waals surface area contributed by atoms with Crippen molar-refractivity contribution < 1.29 is 23.8 Å². The standard InChI is InChI=1S/C24H25N5O5/c1-3-32-22(30)5-4-10-29(31-2)24-27-19-8-6-16(13-25)11-18(19)23(28-24)26-14-17-7-9-20-21(12-17)34-15-33-20/h6-9,11-12H,3-5,10,14-15H2,1-2H3,(H,26,27,28). The SMILES string of the molecule is CCOC(=O)CCCN(OC)c1nc(NCc2ccc3c(c2)OCO3)c2cc(C#N)ccc2n1. The Morgan fingerprint density at radius 2 is 2.06 bits per heavy atom. The number of nitrogens with one attached hydrogen (secondary N) is 1. The molecular formula is C24H25N5O5. The quantitative estimate of drug-likeness (QED) is 0.353. The van der Waals surface area contributed by atoms with E-state index in [-0.39, 0.29) is 19.2 Å². The maximum absolute atomic E-state index is 11.7. The molecule has 2 heterocycles. The van der Waals surface area contributed by atoms with Gasteiger partial charge in [-0.3, -0.25) is 9.63 Å². The van der Waals surface area contributed by atoms with Crippen LogP contribution in [0, 0.1) is 11.3 Å². The first-order valence-corrected chi connectivity index (χ1v) is 10.9. The van der Waals surface area contributed by atoms with Crippen LogP contribution in [0.3, 0.4) is 0 Å². The molecule has 1 aliphatic rings. The van der Waals surface area contributed by atoms with Crippen LogP contribution < -0.4 is 19.9 Å². The Kier molecular flexibility index (Phi) is 7.25. The van der Waals surface area contributed by atoms with Gasteiger partial charge in [-0.1, -0.05) is 6.07 Å². The summed E-state index contributed by atoms with van der Waals surface area (Å²) in [7, 11) is 1.52. The molecular weight excluding hydrogens is 438 g/mol. The lowest BCUT2D eigenvalue weighted by atomic mass is 10.1. The third kappa shape index (κ3) is 5.27. The van der Waals surface area contributed by atoms with Crippen LogP contribution in [0.4, 0.5) is 11.8 Å². The average Bonchev–Trinajstić information content (AvgIpc) is 3.33. The highest BCUT2D eigenvalue weighted by Crippen LogP contribution is 2.33. The van der Waals surface area contributed by atoms with Gasteiger partial charge in [0.15, 0.2) is 11.5 Å². The second-order valence-electron chi connectivity index (χ2n) is 7.45. The molecule has 0 atom stereocenters. The van der Waals surface area contributed by atoms with Crippen LogP contribution >= 0.6 is 0 Å². The number of hydrogen-bond donors (Lipinski definition) is 1. The number of esters is 1. The van der Waals surface area contributed by atoms with Crippen LogP contribution in [0.1, 0.15) is 30.9 Å². The molecule has 0 spiro atoms. The van der Waals surface area contributed by atoms with E-state index in [1.807, 2.05) is 18.2 Å². The Morgan fingerprint density at radius 1 is 1.21 bits per heavy atom. The summed E-state index contributed by atoms with van der Waals surface area (Å²) < 4.78 is 15.8. The summed E-state index contributed by atoms with van der Waals surface area (Å²) in [6.07, 6.45) is 0.781. The van der Waals surface area contributed by atoms with Gasteiger partial charge in [0.2, 0.25) is 6.79 Å². The third-order valence-corrected chi connectivity index (χ3v) is 5.20. The van der Waals surface area contributed by atoms with Gasteiger partial charge in [-0.2, -0.15) is 10.2 Å². The number of fused-ring (bicyclic) bond motifs is 2. The molecule has 0 bridgehead atoms. The summed E-state index contributed by atoms with van der Waals surface area (Å²) in [6, 6.07) is 13.1. The minimum atomic E-state index is -0.256. The molecule has 0 radical (unpaired) electrons. The van der Waals surface area contributed by atoms with E-state index in [0.717, 1.165) is 11.3 Å². The lowest BCUT2D eigenvalue weighted by molar-refractivity contribution is -0.143. The lowest BCUT2D eigenvalue weighted by Gasteiger charge is -2.21. The van der Waals surface area contributed by atoms with Crippen LogP contribution in [0.5, 0.6) is 11.5 Å². The molecule has 2 aromatic carbocycles. The van der Waals surface area contributed by atoms with E-state index in [9.17, 15) is 10.1 Å². The Balaban J connectivity index is 1.58. The number of carbonyl (C=O) groups excluding carboxylic acids is 1. The van der Waals surface area contributed by atoms with E-state index in [4.69, 9.17) is 19.0 Å². The molecule has 4 rings (SSSR count). The second kappa shape index (κ2) is 10.7. The monoisotopic (exact) mass is 463 g/mol. The van der Waals surface area contributed by atoms with Crippen molar-refractivity contribution in [2.75, 3.05) is 37.4 Å². The molecule has 0 saturated carbocycles. The number of rotatable bonds is 10. The highest BCUT2D eigenvalue weighted by atomic mass is 16.7. The van der Waals surface area contributed by atoms with Crippen molar-refractivity contribution in [3.8, 4) is 17.6 Å². The molecule has 34 heavy (non-hydrogen) atoms. The van der Waals surface area contributed by atoms with E-state index in [1.165, 1.54) is 12.2 Å².